The zero-order valence-electron chi connectivity index (χ0n) is 16.7. The lowest BCUT2D eigenvalue weighted by molar-refractivity contribution is 0.0936. The van der Waals surface area contributed by atoms with Crippen LogP contribution < -0.4 is 20.9 Å². The van der Waals surface area contributed by atoms with Crippen LogP contribution >= 0.6 is 11.6 Å². The molecule has 1 atom stereocenters. The number of H-pyrrole nitrogens is 1. The normalized spacial score (nSPS) is 15.5. The predicted octanol–water partition coefficient (Wildman–Crippen LogP) is 1.51. The molecule has 0 spiro atoms. The lowest BCUT2D eigenvalue weighted by Crippen LogP contribution is -2.34. The van der Waals surface area contributed by atoms with Crippen LogP contribution in [-0.4, -0.2) is 50.0 Å². The van der Waals surface area contributed by atoms with Gasteiger partial charge in [0.1, 0.15) is 18.5 Å². The van der Waals surface area contributed by atoms with E-state index in [0.717, 1.165) is 32.4 Å². The van der Waals surface area contributed by atoms with Crippen molar-refractivity contribution in [2.45, 2.75) is 31.9 Å². The Hall–Kier alpha value is -2.78. The van der Waals surface area contributed by atoms with E-state index in [0.29, 0.717) is 22.4 Å². The number of rotatable bonds is 6. The topological polar surface area (TPSA) is 105 Å². The average molecular weight is 434 g/mol. The fraction of sp³-hybridized carbons (Fsp3) is 0.450. The number of hydrogen-bond donors (Lipinski definition) is 2. The van der Waals surface area contributed by atoms with Crippen LogP contribution in [0.2, 0.25) is 5.02 Å². The third-order valence-electron chi connectivity index (χ3n) is 5.28. The Morgan fingerprint density at radius 3 is 2.60 bits per heavy atom. The number of aliphatic hydroxyl groups excluding tert-OH is 1. The number of nitrogens with one attached hydrogen (secondary N) is 1. The molecule has 2 aromatic heterocycles. The van der Waals surface area contributed by atoms with Crippen LogP contribution in [0.25, 0.3) is 11.2 Å². The Bertz CT molecular complexity index is 1140. The number of imidazole rings is 1. The van der Waals surface area contributed by atoms with Crippen molar-refractivity contribution in [1.82, 2.24) is 19.1 Å². The van der Waals surface area contributed by atoms with E-state index in [2.05, 4.69) is 14.9 Å². The second-order valence-electron chi connectivity index (χ2n) is 7.48. The van der Waals surface area contributed by atoms with Gasteiger partial charge in [-0.25, -0.2) is 4.79 Å². The molecular formula is C20H24ClN5O4. The third-order valence-corrected chi connectivity index (χ3v) is 5.53. The SMILES string of the molecule is Cn1c(=O)[nH]c(=O)c2c1nc(N1CCCCC1)n2CC(O)COc1ccc(Cl)cc1. The van der Waals surface area contributed by atoms with E-state index < -0.39 is 17.4 Å². The summed E-state index contributed by atoms with van der Waals surface area (Å²) < 4.78 is 8.65. The number of aromatic amines is 1. The van der Waals surface area contributed by atoms with Gasteiger partial charge in [-0.05, 0) is 43.5 Å². The van der Waals surface area contributed by atoms with Gasteiger partial charge in [-0.2, -0.15) is 4.98 Å². The van der Waals surface area contributed by atoms with E-state index >= 15 is 0 Å². The van der Waals surface area contributed by atoms with Crippen molar-refractivity contribution in [3.8, 4) is 5.75 Å². The minimum absolute atomic E-state index is 0.0322. The van der Waals surface area contributed by atoms with E-state index in [9.17, 15) is 14.7 Å². The van der Waals surface area contributed by atoms with Crippen molar-refractivity contribution >= 4 is 28.7 Å². The molecular weight excluding hydrogens is 410 g/mol. The van der Waals surface area contributed by atoms with Crippen molar-refractivity contribution in [1.29, 1.82) is 0 Å². The minimum Gasteiger partial charge on any atom is -0.491 e. The highest BCUT2D eigenvalue weighted by Crippen LogP contribution is 2.23. The molecule has 160 valence electrons. The zero-order chi connectivity index (χ0) is 21.3. The van der Waals surface area contributed by atoms with Gasteiger partial charge in [0.15, 0.2) is 11.2 Å². The van der Waals surface area contributed by atoms with Gasteiger partial charge in [0, 0.05) is 25.2 Å². The molecule has 0 bridgehead atoms. The van der Waals surface area contributed by atoms with Crippen LogP contribution in [0.4, 0.5) is 5.95 Å². The molecule has 10 heteroatoms. The third kappa shape index (κ3) is 4.08. The minimum atomic E-state index is -0.891. The molecule has 1 aliphatic heterocycles. The molecule has 30 heavy (non-hydrogen) atoms. The highest BCUT2D eigenvalue weighted by molar-refractivity contribution is 6.30. The number of piperidine rings is 1. The maximum absolute atomic E-state index is 12.6. The first-order valence-corrected chi connectivity index (χ1v) is 10.3. The van der Waals surface area contributed by atoms with Gasteiger partial charge in [-0.1, -0.05) is 11.6 Å². The van der Waals surface area contributed by atoms with Gasteiger partial charge in [0.25, 0.3) is 5.56 Å². The maximum atomic E-state index is 12.6. The summed E-state index contributed by atoms with van der Waals surface area (Å²) in [6.07, 6.45) is 2.31. The number of fused-ring (bicyclic) bond motifs is 1. The first-order chi connectivity index (χ1) is 14.4. The molecule has 9 nitrogen and oxygen atoms in total. The first kappa shape index (κ1) is 20.5. The lowest BCUT2D eigenvalue weighted by atomic mass is 10.1. The van der Waals surface area contributed by atoms with Crippen LogP contribution in [0.5, 0.6) is 5.75 Å². The van der Waals surface area contributed by atoms with Gasteiger partial charge < -0.3 is 19.3 Å². The second kappa shape index (κ2) is 8.53. The summed E-state index contributed by atoms with van der Waals surface area (Å²) >= 11 is 5.88. The Morgan fingerprint density at radius 1 is 1.20 bits per heavy atom. The summed E-state index contributed by atoms with van der Waals surface area (Å²) in [6.45, 7) is 1.76. The number of aliphatic hydroxyl groups is 1. The average Bonchev–Trinajstić information content (AvgIpc) is 3.12. The Balaban J connectivity index is 1.65. The molecule has 1 aromatic carbocycles. The van der Waals surface area contributed by atoms with Crippen LogP contribution in [-0.2, 0) is 13.6 Å². The fourth-order valence-electron chi connectivity index (χ4n) is 3.72. The molecule has 0 saturated carbocycles. The van der Waals surface area contributed by atoms with Crippen LogP contribution in [0.15, 0.2) is 33.9 Å². The predicted molar refractivity (Wildman–Crippen MR) is 115 cm³/mol. The maximum Gasteiger partial charge on any atom is 0.329 e. The second-order valence-corrected chi connectivity index (χ2v) is 7.92. The van der Waals surface area contributed by atoms with Crippen LogP contribution in [0.1, 0.15) is 19.3 Å². The molecule has 3 heterocycles. The molecule has 3 aromatic rings. The van der Waals surface area contributed by atoms with Crippen molar-refractivity contribution in [3.63, 3.8) is 0 Å². The summed E-state index contributed by atoms with van der Waals surface area (Å²) in [7, 11) is 1.57. The summed E-state index contributed by atoms with van der Waals surface area (Å²) in [5, 5.41) is 11.2. The van der Waals surface area contributed by atoms with Crippen molar-refractivity contribution in [2.24, 2.45) is 7.05 Å². The molecule has 1 saturated heterocycles. The summed E-state index contributed by atoms with van der Waals surface area (Å²) in [5.41, 5.74) is -0.470. The number of benzene rings is 1. The van der Waals surface area contributed by atoms with Crippen molar-refractivity contribution in [2.75, 3.05) is 24.6 Å². The Kier molecular flexibility index (Phi) is 5.83. The fourth-order valence-corrected chi connectivity index (χ4v) is 3.84. The number of hydrogen-bond acceptors (Lipinski definition) is 6. The van der Waals surface area contributed by atoms with Gasteiger partial charge in [0.2, 0.25) is 5.95 Å². The van der Waals surface area contributed by atoms with Gasteiger partial charge in [-0.15, -0.1) is 0 Å². The Labute approximate surface area is 177 Å². The van der Waals surface area contributed by atoms with E-state index in [-0.39, 0.29) is 18.7 Å². The first-order valence-electron chi connectivity index (χ1n) is 9.95. The van der Waals surface area contributed by atoms with E-state index in [1.165, 1.54) is 4.57 Å². The summed E-state index contributed by atoms with van der Waals surface area (Å²) in [4.78, 5) is 33.6. The molecule has 0 radical (unpaired) electrons. The van der Waals surface area contributed by atoms with E-state index in [4.69, 9.17) is 16.3 Å². The summed E-state index contributed by atoms with van der Waals surface area (Å²) in [5.74, 6) is 1.17. The number of aromatic nitrogens is 4. The van der Waals surface area contributed by atoms with Crippen LogP contribution in [0.3, 0.4) is 0 Å². The number of halogens is 1. The van der Waals surface area contributed by atoms with Gasteiger partial charge >= 0.3 is 5.69 Å². The molecule has 1 aliphatic rings. The molecule has 2 N–H and O–H groups in total. The zero-order valence-corrected chi connectivity index (χ0v) is 17.4. The van der Waals surface area contributed by atoms with Crippen molar-refractivity contribution in [3.05, 3.63) is 50.1 Å². The monoisotopic (exact) mass is 433 g/mol. The quantitative estimate of drug-likeness (QED) is 0.610. The van der Waals surface area contributed by atoms with E-state index in [1.54, 1.807) is 35.9 Å². The number of anilines is 1. The van der Waals surface area contributed by atoms with Crippen molar-refractivity contribution < 1.29 is 9.84 Å². The number of nitrogens with zero attached hydrogens (tertiary/aromatic N) is 4. The molecule has 1 fully saturated rings. The number of ether oxygens (including phenoxy) is 1. The van der Waals surface area contributed by atoms with Gasteiger partial charge in [-0.3, -0.25) is 14.3 Å². The molecule has 4 rings (SSSR count). The summed E-state index contributed by atoms with van der Waals surface area (Å²) in [6, 6.07) is 6.87. The lowest BCUT2D eigenvalue weighted by Gasteiger charge is -2.28. The number of aryl methyl sites for hydroxylation is 1. The van der Waals surface area contributed by atoms with Crippen LogP contribution in [0, 0.1) is 0 Å². The van der Waals surface area contributed by atoms with Gasteiger partial charge in [0.05, 0.1) is 6.54 Å². The highest BCUT2D eigenvalue weighted by atomic mass is 35.5. The molecule has 0 aliphatic carbocycles. The standard InChI is InChI=1S/C20H24ClN5O4/c1-24-17-16(18(28)23-20(24)29)26(19(22-17)25-9-3-2-4-10-25)11-14(27)12-30-15-7-5-13(21)6-8-15/h5-8,14,27H,2-4,9-12H2,1H3,(H,23,28,29). The van der Waals surface area contributed by atoms with E-state index in [1.807, 2.05) is 0 Å². The highest BCUT2D eigenvalue weighted by Gasteiger charge is 2.24. The Morgan fingerprint density at radius 2 is 1.90 bits per heavy atom. The molecule has 1 unspecified atom stereocenters. The molecule has 0 amide bonds. The largest absolute Gasteiger partial charge is 0.491 e. The smallest absolute Gasteiger partial charge is 0.329 e.